The number of nitro benzene ring substituents is 1. The predicted molar refractivity (Wildman–Crippen MR) is 103 cm³/mol. The van der Waals surface area contributed by atoms with Crippen molar-refractivity contribution >= 4 is 29.0 Å². The first-order valence-corrected chi connectivity index (χ1v) is 8.83. The second-order valence-corrected chi connectivity index (χ2v) is 6.69. The number of non-ortho nitro benzene ring substituents is 1. The Bertz CT molecular complexity index is 884. The van der Waals surface area contributed by atoms with E-state index in [1.807, 2.05) is 60.7 Å². The largest absolute Gasteiger partial charge is 0.325 e. The zero-order valence-electron chi connectivity index (χ0n) is 13.7. The number of rotatable bonds is 6. The van der Waals surface area contributed by atoms with Crippen molar-refractivity contribution in [2.45, 2.75) is 10.1 Å². The van der Waals surface area contributed by atoms with Gasteiger partial charge in [-0.15, -0.1) is 11.8 Å². The smallest absolute Gasteiger partial charge is 0.269 e. The first-order valence-electron chi connectivity index (χ1n) is 7.95. The van der Waals surface area contributed by atoms with Crippen LogP contribution in [0.15, 0.2) is 89.8 Å². The average molecular weight is 364 g/mol. The van der Waals surface area contributed by atoms with Crippen LogP contribution in [0.3, 0.4) is 0 Å². The summed E-state index contributed by atoms with van der Waals surface area (Å²) >= 11 is 1.46. The fourth-order valence-electron chi connectivity index (χ4n) is 2.41. The van der Waals surface area contributed by atoms with Crippen LogP contribution < -0.4 is 5.32 Å². The van der Waals surface area contributed by atoms with Crippen LogP contribution in [0.1, 0.15) is 10.8 Å². The van der Waals surface area contributed by atoms with Crippen molar-refractivity contribution in [3.8, 4) is 0 Å². The van der Waals surface area contributed by atoms with Crippen molar-refractivity contribution < 1.29 is 9.72 Å². The van der Waals surface area contributed by atoms with E-state index in [1.54, 1.807) is 0 Å². The lowest BCUT2D eigenvalue weighted by Gasteiger charge is -2.17. The van der Waals surface area contributed by atoms with Crippen molar-refractivity contribution in [2.75, 3.05) is 5.32 Å². The van der Waals surface area contributed by atoms with E-state index >= 15 is 0 Å². The zero-order valence-corrected chi connectivity index (χ0v) is 14.6. The maximum Gasteiger partial charge on any atom is 0.269 e. The summed E-state index contributed by atoms with van der Waals surface area (Å²) in [6.07, 6.45) is 0. The van der Waals surface area contributed by atoms with E-state index in [9.17, 15) is 14.9 Å². The lowest BCUT2D eigenvalue weighted by molar-refractivity contribution is -0.384. The topological polar surface area (TPSA) is 72.2 Å². The Kier molecular flexibility index (Phi) is 5.66. The first-order chi connectivity index (χ1) is 12.6. The van der Waals surface area contributed by atoms with E-state index in [4.69, 9.17) is 0 Å². The zero-order chi connectivity index (χ0) is 18.4. The van der Waals surface area contributed by atoms with Gasteiger partial charge in [-0.25, -0.2) is 0 Å². The Balaban J connectivity index is 1.81. The van der Waals surface area contributed by atoms with Gasteiger partial charge in [-0.2, -0.15) is 0 Å². The Hall–Kier alpha value is -3.12. The number of amides is 1. The van der Waals surface area contributed by atoms with Gasteiger partial charge in [-0.05, 0) is 29.8 Å². The molecule has 3 rings (SSSR count). The van der Waals surface area contributed by atoms with Gasteiger partial charge in [0.05, 0.1) is 4.92 Å². The Morgan fingerprint density at radius 3 is 2.04 bits per heavy atom. The molecule has 0 fully saturated rings. The minimum Gasteiger partial charge on any atom is -0.325 e. The molecule has 0 bridgehead atoms. The van der Waals surface area contributed by atoms with Crippen LogP contribution in [0, 0.1) is 10.1 Å². The molecule has 0 saturated carbocycles. The van der Waals surface area contributed by atoms with Crippen molar-refractivity contribution in [3.05, 3.63) is 101 Å². The van der Waals surface area contributed by atoms with Crippen molar-refractivity contribution in [1.29, 1.82) is 0 Å². The maximum absolute atomic E-state index is 12.9. The highest BCUT2D eigenvalue weighted by Gasteiger charge is 2.22. The molecule has 1 amide bonds. The number of nitrogens with one attached hydrogen (secondary N) is 1. The minimum atomic E-state index is -0.469. The SMILES string of the molecule is O=C(Nc1ccc([N+](=O)[O-])cc1)[C@H](Sc1ccccc1)c1ccccc1. The standard InChI is InChI=1S/C20H16N2O3S/c23-20(21-16-11-13-17(14-12-16)22(24)25)19(15-7-3-1-4-8-15)26-18-9-5-2-6-10-18/h1-14,19H,(H,21,23)/t19-/m1/s1. The van der Waals surface area contributed by atoms with Crippen LogP contribution >= 0.6 is 11.8 Å². The van der Waals surface area contributed by atoms with E-state index in [2.05, 4.69) is 5.32 Å². The molecule has 0 aliphatic rings. The lowest BCUT2D eigenvalue weighted by Crippen LogP contribution is -2.19. The van der Waals surface area contributed by atoms with Gasteiger partial charge < -0.3 is 5.32 Å². The maximum atomic E-state index is 12.9. The first kappa shape index (κ1) is 17.7. The molecule has 3 aromatic rings. The summed E-state index contributed by atoms with van der Waals surface area (Å²) in [5.41, 5.74) is 1.40. The van der Waals surface area contributed by atoms with E-state index in [-0.39, 0.29) is 11.6 Å². The number of benzene rings is 3. The summed E-state index contributed by atoms with van der Waals surface area (Å²) < 4.78 is 0. The van der Waals surface area contributed by atoms with Crippen molar-refractivity contribution in [2.24, 2.45) is 0 Å². The molecule has 130 valence electrons. The number of carbonyl (C=O) groups excluding carboxylic acids is 1. The molecule has 0 radical (unpaired) electrons. The second kappa shape index (κ2) is 8.31. The molecule has 0 saturated heterocycles. The average Bonchev–Trinajstić information content (AvgIpc) is 2.68. The summed E-state index contributed by atoms with van der Waals surface area (Å²) in [7, 11) is 0. The third kappa shape index (κ3) is 4.49. The molecule has 26 heavy (non-hydrogen) atoms. The van der Waals surface area contributed by atoms with Gasteiger partial charge in [0.25, 0.3) is 5.69 Å². The molecule has 6 heteroatoms. The second-order valence-electron chi connectivity index (χ2n) is 5.51. The van der Waals surface area contributed by atoms with E-state index < -0.39 is 10.2 Å². The van der Waals surface area contributed by atoms with Crippen LogP contribution in [0.2, 0.25) is 0 Å². The van der Waals surface area contributed by atoms with Gasteiger partial charge in [0.15, 0.2) is 0 Å². The van der Waals surface area contributed by atoms with Crippen LogP contribution in [0.25, 0.3) is 0 Å². The summed E-state index contributed by atoms with van der Waals surface area (Å²) in [6.45, 7) is 0. The molecule has 0 aliphatic heterocycles. The number of hydrogen-bond acceptors (Lipinski definition) is 4. The Morgan fingerprint density at radius 2 is 1.46 bits per heavy atom. The van der Waals surface area contributed by atoms with Crippen LogP contribution in [-0.2, 0) is 4.79 Å². The number of hydrogen-bond donors (Lipinski definition) is 1. The number of anilines is 1. The van der Waals surface area contributed by atoms with Crippen LogP contribution in [0.4, 0.5) is 11.4 Å². The third-order valence-electron chi connectivity index (χ3n) is 3.68. The fraction of sp³-hybridized carbons (Fsp3) is 0.0500. The predicted octanol–water partition coefficient (Wildman–Crippen LogP) is 5.07. The highest BCUT2D eigenvalue weighted by molar-refractivity contribution is 8.00. The summed E-state index contributed by atoms with van der Waals surface area (Å²) in [5, 5.41) is 13.2. The van der Waals surface area contributed by atoms with Crippen LogP contribution in [0.5, 0.6) is 0 Å². The molecule has 5 nitrogen and oxygen atoms in total. The molecular weight excluding hydrogens is 348 g/mol. The van der Waals surface area contributed by atoms with Gasteiger partial charge in [0, 0.05) is 22.7 Å². The van der Waals surface area contributed by atoms with E-state index in [1.165, 1.54) is 36.0 Å². The van der Waals surface area contributed by atoms with Crippen molar-refractivity contribution in [3.63, 3.8) is 0 Å². The molecular formula is C20H16N2O3S. The fourth-order valence-corrected chi connectivity index (χ4v) is 3.46. The molecule has 3 aromatic carbocycles. The summed E-state index contributed by atoms with van der Waals surface area (Å²) in [6, 6.07) is 25.0. The normalized spacial score (nSPS) is 11.5. The summed E-state index contributed by atoms with van der Waals surface area (Å²) in [4.78, 5) is 24.1. The van der Waals surface area contributed by atoms with E-state index in [0.29, 0.717) is 5.69 Å². The molecule has 1 N–H and O–H groups in total. The van der Waals surface area contributed by atoms with E-state index in [0.717, 1.165) is 10.5 Å². The molecule has 0 spiro atoms. The monoisotopic (exact) mass is 364 g/mol. The molecule has 0 aromatic heterocycles. The van der Waals surface area contributed by atoms with Crippen LogP contribution in [-0.4, -0.2) is 10.8 Å². The Morgan fingerprint density at radius 1 is 0.885 bits per heavy atom. The highest BCUT2D eigenvalue weighted by atomic mass is 32.2. The Labute approximate surface area is 155 Å². The number of carbonyl (C=O) groups is 1. The van der Waals surface area contributed by atoms with Crippen molar-refractivity contribution in [1.82, 2.24) is 0 Å². The van der Waals surface area contributed by atoms with Gasteiger partial charge in [0.2, 0.25) is 5.91 Å². The number of thioether (sulfide) groups is 1. The van der Waals surface area contributed by atoms with Gasteiger partial charge in [-0.3, -0.25) is 14.9 Å². The van der Waals surface area contributed by atoms with Gasteiger partial charge in [-0.1, -0.05) is 48.5 Å². The molecule has 1 atom stereocenters. The molecule has 0 heterocycles. The number of nitrogens with zero attached hydrogens (tertiary/aromatic N) is 1. The minimum absolute atomic E-state index is 0.0127. The summed E-state index contributed by atoms with van der Waals surface area (Å²) in [5.74, 6) is -0.182. The van der Waals surface area contributed by atoms with Gasteiger partial charge >= 0.3 is 0 Å². The third-order valence-corrected chi connectivity index (χ3v) is 4.95. The van der Waals surface area contributed by atoms with Gasteiger partial charge in [0.1, 0.15) is 5.25 Å². The molecule has 0 aliphatic carbocycles. The lowest BCUT2D eigenvalue weighted by atomic mass is 10.1. The quantitative estimate of drug-likeness (QED) is 0.377. The molecule has 0 unspecified atom stereocenters. The highest BCUT2D eigenvalue weighted by Crippen LogP contribution is 2.36. The number of nitro groups is 1.